The van der Waals surface area contributed by atoms with Gasteiger partial charge in [-0.1, -0.05) is 13.8 Å². The fourth-order valence-corrected chi connectivity index (χ4v) is 2.87. The highest BCUT2D eigenvalue weighted by atomic mass is 16.6. The van der Waals surface area contributed by atoms with E-state index in [1.54, 1.807) is 0 Å². The van der Waals surface area contributed by atoms with Crippen LogP contribution in [0.1, 0.15) is 47.5 Å². The zero-order valence-electron chi connectivity index (χ0n) is 14.4. The number of esters is 3. The van der Waals surface area contributed by atoms with Crippen molar-refractivity contribution in [3.05, 3.63) is 0 Å². The first-order valence-electron chi connectivity index (χ1n) is 7.89. The van der Waals surface area contributed by atoms with Gasteiger partial charge >= 0.3 is 17.9 Å². The van der Waals surface area contributed by atoms with Crippen LogP contribution in [0.5, 0.6) is 0 Å². The first kappa shape index (κ1) is 19.4. The summed E-state index contributed by atoms with van der Waals surface area (Å²) in [6.45, 7) is 7.97. The van der Waals surface area contributed by atoms with Crippen molar-refractivity contribution in [3.8, 4) is 0 Å². The van der Waals surface area contributed by atoms with Crippen LogP contribution in [0.3, 0.4) is 0 Å². The van der Waals surface area contributed by atoms with Crippen molar-refractivity contribution in [2.24, 2.45) is 5.92 Å². The summed E-state index contributed by atoms with van der Waals surface area (Å²) < 4.78 is 21.7. The molecule has 0 aromatic carbocycles. The van der Waals surface area contributed by atoms with Gasteiger partial charge in [0.05, 0.1) is 12.7 Å². The molecule has 1 rings (SSSR count). The van der Waals surface area contributed by atoms with Gasteiger partial charge in [-0.2, -0.15) is 0 Å². The van der Waals surface area contributed by atoms with E-state index in [2.05, 4.69) is 0 Å². The summed E-state index contributed by atoms with van der Waals surface area (Å²) in [7, 11) is 0. The summed E-state index contributed by atoms with van der Waals surface area (Å²) >= 11 is 0. The minimum absolute atomic E-state index is 0.113. The molecule has 0 saturated carbocycles. The van der Waals surface area contributed by atoms with Crippen LogP contribution in [0.25, 0.3) is 0 Å². The number of hydrogen-bond acceptors (Lipinski definition) is 7. The van der Waals surface area contributed by atoms with E-state index in [9.17, 15) is 14.4 Å². The van der Waals surface area contributed by atoms with Crippen molar-refractivity contribution in [2.45, 2.75) is 71.9 Å². The van der Waals surface area contributed by atoms with E-state index in [-0.39, 0.29) is 24.6 Å². The SMILES string of the molecule is CCC1OC(CCOC(C)=O)C(OC(C)=O)C(OC(C)=O)C1C. The Morgan fingerprint density at radius 3 is 1.96 bits per heavy atom. The lowest BCUT2D eigenvalue weighted by atomic mass is 9.85. The van der Waals surface area contributed by atoms with Crippen molar-refractivity contribution >= 4 is 17.9 Å². The molecule has 0 N–H and O–H groups in total. The third-order valence-electron chi connectivity index (χ3n) is 3.86. The molecular weight excluding hydrogens is 304 g/mol. The van der Waals surface area contributed by atoms with Crippen molar-refractivity contribution in [1.29, 1.82) is 0 Å². The second-order valence-corrected chi connectivity index (χ2v) is 5.76. The number of carbonyl (C=O) groups is 3. The van der Waals surface area contributed by atoms with Gasteiger partial charge in [0.25, 0.3) is 0 Å². The average molecular weight is 330 g/mol. The molecule has 1 heterocycles. The Morgan fingerprint density at radius 1 is 0.913 bits per heavy atom. The van der Waals surface area contributed by atoms with Gasteiger partial charge in [-0.25, -0.2) is 0 Å². The molecule has 7 nitrogen and oxygen atoms in total. The molecule has 0 bridgehead atoms. The highest BCUT2D eigenvalue weighted by molar-refractivity contribution is 5.67. The second-order valence-electron chi connectivity index (χ2n) is 5.76. The number of ether oxygens (including phenoxy) is 4. The summed E-state index contributed by atoms with van der Waals surface area (Å²) in [6.07, 6.45) is -0.840. The largest absolute Gasteiger partial charge is 0.466 e. The van der Waals surface area contributed by atoms with Crippen LogP contribution in [0.2, 0.25) is 0 Å². The standard InChI is InChI=1S/C16H26O7/c1-6-13-9(2)15(21-11(4)18)16(22-12(5)19)14(23-13)7-8-20-10(3)17/h9,13-16H,6-8H2,1-5H3. The smallest absolute Gasteiger partial charge is 0.303 e. The van der Waals surface area contributed by atoms with Gasteiger partial charge in [0, 0.05) is 33.1 Å². The molecule has 0 aromatic rings. The minimum atomic E-state index is -0.718. The first-order valence-corrected chi connectivity index (χ1v) is 7.89. The van der Waals surface area contributed by atoms with Gasteiger partial charge in [-0.3, -0.25) is 14.4 Å². The summed E-state index contributed by atoms with van der Waals surface area (Å²) in [6, 6.07) is 0. The summed E-state index contributed by atoms with van der Waals surface area (Å²) in [5.41, 5.74) is 0. The predicted molar refractivity (Wildman–Crippen MR) is 80.5 cm³/mol. The Kier molecular flexibility index (Phi) is 7.48. The van der Waals surface area contributed by atoms with Crippen LogP contribution in [0.4, 0.5) is 0 Å². The van der Waals surface area contributed by atoms with E-state index in [4.69, 9.17) is 18.9 Å². The molecule has 0 spiro atoms. The molecule has 5 atom stereocenters. The van der Waals surface area contributed by atoms with Crippen LogP contribution >= 0.6 is 0 Å². The molecule has 1 saturated heterocycles. The van der Waals surface area contributed by atoms with Gasteiger partial charge in [0.2, 0.25) is 0 Å². The second kappa shape index (κ2) is 8.86. The van der Waals surface area contributed by atoms with Crippen molar-refractivity contribution < 1.29 is 33.3 Å². The normalized spacial score (nSPS) is 30.4. The number of rotatable bonds is 6. The predicted octanol–water partition coefficient (Wildman–Crippen LogP) is 1.62. The molecule has 1 aliphatic heterocycles. The van der Waals surface area contributed by atoms with Crippen molar-refractivity contribution in [2.75, 3.05) is 6.61 Å². The molecule has 0 radical (unpaired) electrons. The maximum absolute atomic E-state index is 11.4. The quantitative estimate of drug-likeness (QED) is 0.540. The topological polar surface area (TPSA) is 88.1 Å². The summed E-state index contributed by atoms with van der Waals surface area (Å²) in [5.74, 6) is -1.41. The Morgan fingerprint density at radius 2 is 1.48 bits per heavy atom. The van der Waals surface area contributed by atoms with Crippen LogP contribution in [0, 0.1) is 5.92 Å². The lowest BCUT2D eigenvalue weighted by molar-refractivity contribution is -0.226. The Balaban J connectivity index is 2.94. The zero-order valence-corrected chi connectivity index (χ0v) is 14.4. The molecule has 0 amide bonds. The highest BCUT2D eigenvalue weighted by Crippen LogP contribution is 2.33. The van der Waals surface area contributed by atoms with Gasteiger partial charge < -0.3 is 18.9 Å². The maximum Gasteiger partial charge on any atom is 0.303 e. The molecule has 5 unspecified atom stereocenters. The van der Waals surface area contributed by atoms with Crippen LogP contribution in [-0.2, 0) is 33.3 Å². The monoisotopic (exact) mass is 330 g/mol. The summed E-state index contributed by atoms with van der Waals surface area (Å²) in [4.78, 5) is 33.8. The Bertz CT molecular complexity index is 434. The zero-order chi connectivity index (χ0) is 17.6. The molecule has 0 aromatic heterocycles. The lowest BCUT2D eigenvalue weighted by Crippen LogP contribution is -2.56. The van der Waals surface area contributed by atoms with E-state index in [1.807, 2.05) is 13.8 Å². The summed E-state index contributed by atoms with van der Waals surface area (Å²) in [5, 5.41) is 0. The Labute approximate surface area is 136 Å². The minimum Gasteiger partial charge on any atom is -0.466 e. The van der Waals surface area contributed by atoms with E-state index >= 15 is 0 Å². The molecule has 1 fully saturated rings. The first-order chi connectivity index (χ1) is 10.8. The number of hydrogen-bond donors (Lipinski definition) is 0. The van der Waals surface area contributed by atoms with Crippen molar-refractivity contribution in [1.82, 2.24) is 0 Å². The average Bonchev–Trinajstić information content (AvgIpc) is 2.43. The van der Waals surface area contributed by atoms with Crippen LogP contribution in [-0.4, -0.2) is 48.9 Å². The maximum atomic E-state index is 11.4. The van der Waals surface area contributed by atoms with E-state index in [1.165, 1.54) is 20.8 Å². The highest BCUT2D eigenvalue weighted by Gasteiger charge is 2.46. The fourth-order valence-electron chi connectivity index (χ4n) is 2.87. The third kappa shape index (κ3) is 5.82. The van der Waals surface area contributed by atoms with Crippen LogP contribution < -0.4 is 0 Å². The van der Waals surface area contributed by atoms with Crippen molar-refractivity contribution in [3.63, 3.8) is 0 Å². The molecule has 7 heteroatoms. The third-order valence-corrected chi connectivity index (χ3v) is 3.86. The van der Waals surface area contributed by atoms with Gasteiger partial charge in [0.1, 0.15) is 12.2 Å². The lowest BCUT2D eigenvalue weighted by Gasteiger charge is -2.44. The van der Waals surface area contributed by atoms with Crippen LogP contribution in [0.15, 0.2) is 0 Å². The fraction of sp³-hybridized carbons (Fsp3) is 0.812. The van der Waals surface area contributed by atoms with E-state index in [0.717, 1.165) is 6.42 Å². The van der Waals surface area contributed by atoms with E-state index < -0.39 is 30.3 Å². The Hall–Kier alpha value is -1.63. The number of carbonyl (C=O) groups excluding carboxylic acids is 3. The molecule has 132 valence electrons. The molecular formula is C16H26O7. The molecule has 0 aliphatic carbocycles. The van der Waals surface area contributed by atoms with Gasteiger partial charge in [-0.05, 0) is 6.42 Å². The molecule has 1 aliphatic rings. The van der Waals surface area contributed by atoms with E-state index in [0.29, 0.717) is 6.42 Å². The van der Waals surface area contributed by atoms with Gasteiger partial charge in [0.15, 0.2) is 6.10 Å². The molecule has 23 heavy (non-hydrogen) atoms. The van der Waals surface area contributed by atoms with Gasteiger partial charge in [-0.15, -0.1) is 0 Å².